The molecule has 3 heterocycles. The molecular formula is C23H37N3O4. The lowest BCUT2D eigenvalue weighted by Crippen LogP contribution is -2.27. The summed E-state index contributed by atoms with van der Waals surface area (Å²) < 4.78 is 7.01. The van der Waals surface area contributed by atoms with Gasteiger partial charge in [0, 0.05) is 23.7 Å². The van der Waals surface area contributed by atoms with Gasteiger partial charge in [-0.2, -0.15) is 4.98 Å². The van der Waals surface area contributed by atoms with Crippen LogP contribution in [0, 0.1) is 0 Å². The summed E-state index contributed by atoms with van der Waals surface area (Å²) in [4.78, 5) is 19.8. The highest BCUT2D eigenvalue weighted by atomic mass is 16.5. The van der Waals surface area contributed by atoms with Gasteiger partial charge in [-0.25, -0.2) is 4.79 Å². The number of aromatic amines is 1. The Labute approximate surface area is 178 Å². The van der Waals surface area contributed by atoms with Crippen molar-refractivity contribution in [1.29, 1.82) is 0 Å². The molecule has 168 valence electrons. The highest BCUT2D eigenvalue weighted by Crippen LogP contribution is 2.28. The molecule has 0 aliphatic carbocycles. The van der Waals surface area contributed by atoms with E-state index in [0.717, 1.165) is 23.9 Å². The summed E-state index contributed by atoms with van der Waals surface area (Å²) >= 11 is 0. The van der Waals surface area contributed by atoms with Crippen LogP contribution in [0.1, 0.15) is 89.5 Å². The van der Waals surface area contributed by atoms with Gasteiger partial charge in [0.2, 0.25) is 0 Å². The second-order valence-corrected chi connectivity index (χ2v) is 8.58. The molecule has 30 heavy (non-hydrogen) atoms. The van der Waals surface area contributed by atoms with E-state index < -0.39 is 24.1 Å². The van der Waals surface area contributed by atoms with Gasteiger partial charge in [0.1, 0.15) is 18.0 Å². The smallest absolute Gasteiger partial charge is 0.351 e. The van der Waals surface area contributed by atoms with E-state index in [0.29, 0.717) is 5.65 Å². The first-order valence-electron chi connectivity index (χ1n) is 11.7. The molecule has 7 nitrogen and oxygen atoms in total. The molecule has 3 atom stereocenters. The monoisotopic (exact) mass is 419 g/mol. The molecule has 0 radical (unpaired) electrons. The van der Waals surface area contributed by atoms with E-state index in [2.05, 4.69) is 16.9 Å². The largest absolute Gasteiger partial charge is 0.394 e. The summed E-state index contributed by atoms with van der Waals surface area (Å²) in [5, 5.41) is 20.0. The van der Waals surface area contributed by atoms with Crippen LogP contribution in [0.5, 0.6) is 0 Å². The topological polar surface area (TPSA) is 100 Å². The number of aliphatic hydroxyl groups excluding tert-OH is 2. The zero-order valence-corrected chi connectivity index (χ0v) is 18.2. The molecule has 0 amide bonds. The van der Waals surface area contributed by atoms with Crippen molar-refractivity contribution in [3.63, 3.8) is 0 Å². The highest BCUT2D eigenvalue weighted by Gasteiger charge is 2.35. The maximum Gasteiger partial charge on any atom is 0.351 e. The average molecular weight is 420 g/mol. The number of fused-ring (bicyclic) bond motifs is 1. The molecule has 7 heteroatoms. The van der Waals surface area contributed by atoms with Gasteiger partial charge >= 0.3 is 5.69 Å². The molecule has 0 bridgehead atoms. The number of H-pyrrole nitrogens is 1. The molecule has 3 unspecified atom stereocenters. The summed E-state index contributed by atoms with van der Waals surface area (Å²) in [5.41, 5.74) is 1.27. The van der Waals surface area contributed by atoms with Gasteiger partial charge in [0.05, 0.1) is 12.7 Å². The molecule has 0 spiro atoms. The Morgan fingerprint density at radius 3 is 2.43 bits per heavy atom. The van der Waals surface area contributed by atoms with Crippen molar-refractivity contribution in [2.75, 3.05) is 6.61 Å². The normalized spacial score (nSPS) is 21.6. The lowest BCUT2D eigenvalue weighted by Gasteiger charge is -2.14. The lowest BCUT2D eigenvalue weighted by atomic mass is 10.1. The number of unbranched alkanes of at least 4 members (excludes halogenated alkanes) is 9. The Bertz CT molecular complexity index is 831. The minimum absolute atomic E-state index is 0.269. The maximum atomic E-state index is 12.4. The first-order chi connectivity index (χ1) is 14.6. The highest BCUT2D eigenvalue weighted by molar-refractivity contribution is 5.75. The zero-order chi connectivity index (χ0) is 21.3. The first kappa shape index (κ1) is 23.0. The predicted octanol–water partition coefficient (Wildman–Crippen LogP) is 3.83. The lowest BCUT2D eigenvalue weighted by molar-refractivity contribution is -0.0457. The number of rotatable bonds is 13. The first-order valence-corrected chi connectivity index (χ1v) is 11.7. The maximum absolute atomic E-state index is 12.4. The minimum atomic E-state index is -0.777. The zero-order valence-electron chi connectivity index (χ0n) is 18.2. The van der Waals surface area contributed by atoms with Crippen LogP contribution >= 0.6 is 0 Å². The fourth-order valence-corrected chi connectivity index (χ4v) is 4.26. The molecule has 1 aliphatic rings. The van der Waals surface area contributed by atoms with Gasteiger partial charge in [-0.15, -0.1) is 0 Å². The van der Waals surface area contributed by atoms with Gasteiger partial charge in [-0.1, -0.05) is 64.7 Å². The fraction of sp³-hybridized carbons (Fsp3) is 0.739. The van der Waals surface area contributed by atoms with E-state index in [1.54, 1.807) is 6.20 Å². The molecule has 3 N–H and O–H groups in total. The van der Waals surface area contributed by atoms with Gasteiger partial charge < -0.3 is 19.9 Å². The Morgan fingerprint density at radius 1 is 1.13 bits per heavy atom. The Balaban J connectivity index is 1.45. The molecule has 1 aliphatic heterocycles. The van der Waals surface area contributed by atoms with Crippen molar-refractivity contribution >= 4 is 11.0 Å². The quantitative estimate of drug-likeness (QED) is 0.429. The number of nitrogens with one attached hydrogen (secondary N) is 1. The van der Waals surface area contributed by atoms with Gasteiger partial charge in [0.25, 0.3) is 0 Å². The minimum Gasteiger partial charge on any atom is -0.394 e. The van der Waals surface area contributed by atoms with E-state index in [-0.39, 0.29) is 13.0 Å². The molecule has 1 fully saturated rings. The third-order valence-electron chi connectivity index (χ3n) is 6.08. The van der Waals surface area contributed by atoms with Crippen molar-refractivity contribution in [3.05, 3.63) is 28.4 Å². The van der Waals surface area contributed by atoms with Crippen LogP contribution in [0.4, 0.5) is 0 Å². The molecular weight excluding hydrogens is 382 g/mol. The van der Waals surface area contributed by atoms with Gasteiger partial charge in [0.15, 0.2) is 0 Å². The summed E-state index contributed by atoms with van der Waals surface area (Å²) in [5.74, 6) is 0. The fourth-order valence-electron chi connectivity index (χ4n) is 4.26. The summed E-state index contributed by atoms with van der Waals surface area (Å²) in [7, 11) is 0. The third kappa shape index (κ3) is 6.15. The van der Waals surface area contributed by atoms with E-state index in [9.17, 15) is 15.0 Å². The van der Waals surface area contributed by atoms with Crippen molar-refractivity contribution in [3.8, 4) is 0 Å². The molecule has 2 aromatic heterocycles. The Morgan fingerprint density at radius 2 is 1.80 bits per heavy atom. The summed E-state index contributed by atoms with van der Waals surface area (Å²) in [6, 6.07) is 2.04. The van der Waals surface area contributed by atoms with Crippen LogP contribution in [-0.2, 0) is 11.2 Å². The molecule has 0 saturated carbocycles. The van der Waals surface area contributed by atoms with E-state index in [4.69, 9.17) is 4.74 Å². The van der Waals surface area contributed by atoms with Gasteiger partial charge in [-0.05, 0) is 18.9 Å². The number of aromatic nitrogens is 3. The van der Waals surface area contributed by atoms with E-state index in [1.807, 2.05) is 6.07 Å². The molecule has 0 aromatic carbocycles. The van der Waals surface area contributed by atoms with Crippen LogP contribution in [0.15, 0.2) is 17.1 Å². The van der Waals surface area contributed by atoms with Crippen LogP contribution in [-0.4, -0.2) is 43.6 Å². The summed E-state index contributed by atoms with van der Waals surface area (Å²) in [6.45, 7) is 1.98. The average Bonchev–Trinajstić information content (AvgIpc) is 3.30. The molecule has 1 saturated heterocycles. The predicted molar refractivity (Wildman–Crippen MR) is 118 cm³/mol. The molecule has 2 aromatic rings. The number of hydrogen-bond acceptors (Lipinski definition) is 5. The third-order valence-corrected chi connectivity index (χ3v) is 6.08. The number of ether oxygens (including phenoxy) is 1. The number of aryl methyl sites for hydroxylation is 1. The number of hydrogen-bond donors (Lipinski definition) is 3. The SMILES string of the molecule is CCCCCCCCCCCCc1cc2cn(C3CC(O)C(CO)O3)c(=O)nc2[nH]1. The summed E-state index contributed by atoms with van der Waals surface area (Å²) in [6.07, 6.45) is 14.0. The van der Waals surface area contributed by atoms with Crippen molar-refractivity contribution < 1.29 is 14.9 Å². The molecule has 3 rings (SSSR count). The van der Waals surface area contributed by atoms with E-state index in [1.165, 1.54) is 62.4 Å². The standard InChI is InChI=1S/C23H37N3O4/c1-2-3-4-5-6-7-8-9-10-11-12-18-13-17-15-26(23(29)25-22(17)24-18)21-14-19(28)20(16-27)30-21/h13,15,19-21,27-28H,2-12,14,16H2,1H3,(H,24,25,29). The van der Waals surface area contributed by atoms with Crippen molar-refractivity contribution in [1.82, 2.24) is 14.5 Å². The van der Waals surface area contributed by atoms with E-state index >= 15 is 0 Å². The van der Waals surface area contributed by atoms with Crippen LogP contribution in [0.3, 0.4) is 0 Å². The van der Waals surface area contributed by atoms with Crippen LogP contribution < -0.4 is 5.69 Å². The second kappa shape index (κ2) is 11.6. The van der Waals surface area contributed by atoms with Gasteiger partial charge in [-0.3, -0.25) is 4.57 Å². The second-order valence-electron chi connectivity index (χ2n) is 8.58. The Hall–Kier alpha value is -1.70. The van der Waals surface area contributed by atoms with Crippen LogP contribution in [0.2, 0.25) is 0 Å². The number of aliphatic hydroxyl groups is 2. The van der Waals surface area contributed by atoms with Crippen molar-refractivity contribution in [2.45, 2.75) is 102 Å². The van der Waals surface area contributed by atoms with Crippen LogP contribution in [0.25, 0.3) is 11.0 Å². The number of nitrogens with zero attached hydrogens (tertiary/aromatic N) is 2. The van der Waals surface area contributed by atoms with Crippen molar-refractivity contribution in [2.24, 2.45) is 0 Å². The Kier molecular flexibility index (Phi) is 8.90.